The van der Waals surface area contributed by atoms with E-state index in [2.05, 4.69) is 48.7 Å². The lowest BCUT2D eigenvalue weighted by atomic mass is 10.1. The van der Waals surface area contributed by atoms with Crippen molar-refractivity contribution in [3.63, 3.8) is 0 Å². The molecule has 3 nitrogen and oxygen atoms in total. The molecule has 0 fully saturated rings. The Bertz CT molecular complexity index is 326. The molecule has 0 aliphatic carbocycles. The van der Waals surface area contributed by atoms with Crippen LogP contribution in [-0.4, -0.2) is 16.1 Å². The molecule has 1 aromatic rings. The van der Waals surface area contributed by atoms with Crippen molar-refractivity contribution >= 4 is 11.5 Å². The number of nitrogens with one attached hydrogen (secondary N) is 1. The van der Waals surface area contributed by atoms with Crippen molar-refractivity contribution in [1.29, 1.82) is 0 Å². The third-order valence-electron chi connectivity index (χ3n) is 2.13. The number of rotatable bonds is 5. The minimum atomic E-state index is 0.273. The molecule has 1 N–H and O–H groups in total. The molecule has 0 bridgehead atoms. The van der Waals surface area contributed by atoms with E-state index >= 15 is 0 Å². The summed E-state index contributed by atoms with van der Waals surface area (Å²) in [4.78, 5) is 1.25. The summed E-state index contributed by atoms with van der Waals surface area (Å²) < 4.78 is 4.03. The molecule has 0 aromatic carbocycles. The third-order valence-corrected chi connectivity index (χ3v) is 2.98. The van der Waals surface area contributed by atoms with Gasteiger partial charge in [0, 0.05) is 0 Å². The van der Waals surface area contributed by atoms with Crippen LogP contribution in [-0.2, 0) is 6.42 Å². The molecule has 0 saturated carbocycles. The molecule has 0 spiro atoms. The number of hydrogen-bond donors (Lipinski definition) is 1. The number of allylic oxidation sites excluding steroid dienone is 1. The predicted octanol–water partition coefficient (Wildman–Crippen LogP) is 2.72. The number of aromatic nitrogens is 2. The fourth-order valence-electron chi connectivity index (χ4n) is 1.48. The summed E-state index contributed by atoms with van der Waals surface area (Å²) >= 11 is 1.50. The highest BCUT2D eigenvalue weighted by Gasteiger charge is 2.14. The van der Waals surface area contributed by atoms with Crippen molar-refractivity contribution < 1.29 is 0 Å². The van der Waals surface area contributed by atoms with Crippen molar-refractivity contribution in [3.8, 4) is 0 Å². The molecule has 1 unspecified atom stereocenters. The van der Waals surface area contributed by atoms with E-state index in [4.69, 9.17) is 0 Å². The van der Waals surface area contributed by atoms with E-state index in [1.807, 2.05) is 0 Å². The highest BCUT2D eigenvalue weighted by molar-refractivity contribution is 7.05. The van der Waals surface area contributed by atoms with Crippen LogP contribution in [0.4, 0.5) is 0 Å². The second-order valence-corrected chi connectivity index (χ2v) is 4.50. The average molecular weight is 225 g/mol. The normalized spacial score (nSPS) is 12.5. The quantitative estimate of drug-likeness (QED) is 0.783. The molecule has 0 aliphatic heterocycles. The first-order valence-corrected chi connectivity index (χ1v) is 6.15. The van der Waals surface area contributed by atoms with Gasteiger partial charge in [-0.25, -0.2) is 0 Å². The SMILES string of the molecule is CCNC(C=C(C)C)c1snnc1CC. The molecule has 4 heteroatoms. The fraction of sp³-hybridized carbons (Fsp3) is 0.636. The smallest absolute Gasteiger partial charge is 0.0804 e. The Morgan fingerprint density at radius 1 is 1.47 bits per heavy atom. The van der Waals surface area contributed by atoms with E-state index in [-0.39, 0.29) is 6.04 Å². The topological polar surface area (TPSA) is 37.8 Å². The largest absolute Gasteiger partial charge is 0.306 e. The van der Waals surface area contributed by atoms with Crippen LogP contribution in [0, 0.1) is 0 Å². The standard InChI is InChI=1S/C11H19N3S/c1-5-9-11(15-14-13-9)10(12-6-2)7-8(3)4/h7,10,12H,5-6H2,1-4H3. The Labute approximate surface area is 95.8 Å². The van der Waals surface area contributed by atoms with E-state index in [1.54, 1.807) is 0 Å². The first-order chi connectivity index (χ1) is 7.19. The second kappa shape index (κ2) is 5.98. The maximum Gasteiger partial charge on any atom is 0.0804 e. The van der Waals surface area contributed by atoms with Crippen molar-refractivity contribution in [2.75, 3.05) is 6.54 Å². The summed E-state index contributed by atoms with van der Waals surface area (Å²) in [5.74, 6) is 0. The van der Waals surface area contributed by atoms with Crippen LogP contribution in [0.1, 0.15) is 44.3 Å². The van der Waals surface area contributed by atoms with Crippen molar-refractivity contribution in [2.45, 2.75) is 40.2 Å². The van der Waals surface area contributed by atoms with Gasteiger partial charge in [0.1, 0.15) is 0 Å². The van der Waals surface area contributed by atoms with Gasteiger partial charge in [0.25, 0.3) is 0 Å². The minimum Gasteiger partial charge on any atom is -0.306 e. The summed E-state index contributed by atoms with van der Waals surface area (Å²) in [6, 6.07) is 0.273. The van der Waals surface area contributed by atoms with Gasteiger partial charge in [-0.15, -0.1) is 5.10 Å². The number of hydrogen-bond acceptors (Lipinski definition) is 4. The van der Waals surface area contributed by atoms with E-state index in [0.717, 1.165) is 18.7 Å². The molecule has 0 saturated heterocycles. The zero-order valence-corrected chi connectivity index (χ0v) is 10.7. The first kappa shape index (κ1) is 12.3. The van der Waals surface area contributed by atoms with Gasteiger partial charge in [-0.05, 0) is 38.3 Å². The van der Waals surface area contributed by atoms with Gasteiger partial charge < -0.3 is 5.32 Å². The molecule has 1 rings (SSSR count). The second-order valence-electron chi connectivity index (χ2n) is 3.72. The van der Waals surface area contributed by atoms with Crippen LogP contribution in [0.2, 0.25) is 0 Å². The van der Waals surface area contributed by atoms with Gasteiger partial charge >= 0.3 is 0 Å². The zero-order valence-electron chi connectivity index (χ0n) is 9.87. The maximum atomic E-state index is 4.14. The Morgan fingerprint density at radius 2 is 2.20 bits per heavy atom. The lowest BCUT2D eigenvalue weighted by Gasteiger charge is -2.13. The summed E-state index contributed by atoms with van der Waals surface area (Å²) in [7, 11) is 0. The Balaban J connectivity index is 2.93. The Hall–Kier alpha value is -0.740. The van der Waals surface area contributed by atoms with Crippen molar-refractivity contribution in [1.82, 2.24) is 14.9 Å². The predicted molar refractivity (Wildman–Crippen MR) is 65.1 cm³/mol. The average Bonchev–Trinajstić information content (AvgIpc) is 2.64. The van der Waals surface area contributed by atoms with Gasteiger partial charge in [-0.3, -0.25) is 0 Å². The Kier molecular flexibility index (Phi) is 4.91. The highest BCUT2D eigenvalue weighted by atomic mass is 32.1. The highest BCUT2D eigenvalue weighted by Crippen LogP contribution is 2.23. The van der Waals surface area contributed by atoms with Crippen LogP contribution in [0.3, 0.4) is 0 Å². The third kappa shape index (κ3) is 3.39. The molecule has 84 valence electrons. The molecule has 15 heavy (non-hydrogen) atoms. The van der Waals surface area contributed by atoms with Crippen molar-refractivity contribution in [3.05, 3.63) is 22.2 Å². The number of nitrogens with zero attached hydrogens (tertiary/aromatic N) is 2. The maximum absolute atomic E-state index is 4.14. The molecule has 0 radical (unpaired) electrons. The van der Waals surface area contributed by atoms with Crippen molar-refractivity contribution in [2.24, 2.45) is 0 Å². The minimum absolute atomic E-state index is 0.273. The number of aryl methyl sites for hydroxylation is 1. The molecule has 1 heterocycles. The van der Waals surface area contributed by atoms with E-state index in [0.29, 0.717) is 0 Å². The van der Waals surface area contributed by atoms with Gasteiger partial charge in [-0.1, -0.05) is 30.0 Å². The summed E-state index contributed by atoms with van der Waals surface area (Å²) in [6.07, 6.45) is 3.18. The van der Waals surface area contributed by atoms with Crippen LogP contribution in [0.15, 0.2) is 11.6 Å². The first-order valence-electron chi connectivity index (χ1n) is 5.38. The van der Waals surface area contributed by atoms with Crippen LogP contribution in [0.25, 0.3) is 0 Å². The van der Waals surface area contributed by atoms with Gasteiger partial charge in [-0.2, -0.15) is 0 Å². The summed E-state index contributed by atoms with van der Waals surface area (Å²) in [5, 5.41) is 7.59. The van der Waals surface area contributed by atoms with E-state index in [1.165, 1.54) is 22.0 Å². The molecule has 1 atom stereocenters. The lowest BCUT2D eigenvalue weighted by Crippen LogP contribution is -2.19. The lowest BCUT2D eigenvalue weighted by molar-refractivity contribution is 0.647. The van der Waals surface area contributed by atoms with Gasteiger partial charge in [0.05, 0.1) is 16.6 Å². The summed E-state index contributed by atoms with van der Waals surface area (Å²) in [5.41, 5.74) is 2.43. The number of likely N-dealkylation sites (N-methyl/N-ethyl adjacent to an activating group) is 1. The molecule has 0 aliphatic rings. The zero-order chi connectivity index (χ0) is 11.3. The molecule has 0 amide bonds. The van der Waals surface area contributed by atoms with Crippen LogP contribution in [0.5, 0.6) is 0 Å². The molecule has 1 aromatic heterocycles. The Morgan fingerprint density at radius 3 is 2.73 bits per heavy atom. The van der Waals surface area contributed by atoms with Gasteiger partial charge in [0.2, 0.25) is 0 Å². The van der Waals surface area contributed by atoms with Crippen LogP contribution < -0.4 is 5.32 Å². The van der Waals surface area contributed by atoms with Gasteiger partial charge in [0.15, 0.2) is 0 Å². The monoisotopic (exact) mass is 225 g/mol. The summed E-state index contributed by atoms with van der Waals surface area (Å²) in [6.45, 7) is 9.42. The van der Waals surface area contributed by atoms with E-state index in [9.17, 15) is 0 Å². The molecular formula is C11H19N3S. The van der Waals surface area contributed by atoms with E-state index < -0.39 is 0 Å². The molecular weight excluding hydrogens is 206 g/mol. The fourth-order valence-corrected chi connectivity index (χ4v) is 2.26. The van der Waals surface area contributed by atoms with Crippen LogP contribution >= 0.6 is 11.5 Å².